The SMILES string of the molecule is CC(C)=CCCC(C)(CCCC(C)CCC[C@]1(C)CC[C@H](C(C)C(=O)O)OO1)OO. The Bertz CT molecular complexity index is 534. The van der Waals surface area contributed by atoms with Crippen molar-refractivity contribution in [2.45, 2.75) is 123 Å². The molecule has 1 aliphatic rings. The van der Waals surface area contributed by atoms with Crippen LogP contribution in [0, 0.1) is 11.8 Å². The molecule has 0 aliphatic carbocycles. The highest BCUT2D eigenvalue weighted by Crippen LogP contribution is 2.34. The lowest BCUT2D eigenvalue weighted by Crippen LogP contribution is -2.41. The zero-order chi connectivity index (χ0) is 22.8. The second-order valence-corrected chi connectivity index (χ2v) is 10.1. The van der Waals surface area contributed by atoms with Crippen LogP contribution < -0.4 is 0 Å². The maximum atomic E-state index is 11.1. The smallest absolute Gasteiger partial charge is 0.308 e. The lowest BCUT2D eigenvalue weighted by atomic mass is 9.86. The third-order valence-corrected chi connectivity index (χ3v) is 6.53. The van der Waals surface area contributed by atoms with Gasteiger partial charge in [0.1, 0.15) is 17.3 Å². The molecule has 1 aliphatic heterocycles. The predicted molar refractivity (Wildman–Crippen MR) is 118 cm³/mol. The molecule has 6 heteroatoms. The van der Waals surface area contributed by atoms with Crippen LogP contribution in [0.25, 0.3) is 0 Å². The summed E-state index contributed by atoms with van der Waals surface area (Å²) in [5.41, 5.74) is 0.482. The zero-order valence-electron chi connectivity index (χ0n) is 19.9. The van der Waals surface area contributed by atoms with Crippen LogP contribution in [0.1, 0.15) is 106 Å². The zero-order valence-corrected chi connectivity index (χ0v) is 19.9. The summed E-state index contributed by atoms with van der Waals surface area (Å²) in [6, 6.07) is 0. The van der Waals surface area contributed by atoms with Crippen molar-refractivity contribution in [1.82, 2.24) is 0 Å². The number of allylic oxidation sites excluding steroid dienone is 2. The maximum Gasteiger partial charge on any atom is 0.308 e. The van der Waals surface area contributed by atoms with E-state index in [1.807, 2.05) is 6.92 Å². The van der Waals surface area contributed by atoms with Crippen molar-refractivity contribution in [1.29, 1.82) is 0 Å². The molecular formula is C24H44O6. The maximum absolute atomic E-state index is 11.1. The molecule has 0 aromatic rings. The first-order valence-electron chi connectivity index (χ1n) is 11.5. The van der Waals surface area contributed by atoms with Crippen LogP contribution in [0.3, 0.4) is 0 Å². The highest BCUT2D eigenvalue weighted by Gasteiger charge is 2.37. The van der Waals surface area contributed by atoms with Gasteiger partial charge in [0.05, 0.1) is 5.92 Å². The monoisotopic (exact) mass is 428 g/mol. The lowest BCUT2D eigenvalue weighted by molar-refractivity contribution is -0.411. The van der Waals surface area contributed by atoms with E-state index in [1.54, 1.807) is 6.92 Å². The van der Waals surface area contributed by atoms with Crippen LogP contribution in [0.2, 0.25) is 0 Å². The molecule has 0 aromatic carbocycles. The van der Waals surface area contributed by atoms with Gasteiger partial charge in [0.2, 0.25) is 0 Å². The number of aliphatic carboxylic acids is 1. The van der Waals surface area contributed by atoms with E-state index in [4.69, 9.17) is 19.8 Å². The fraction of sp³-hybridized carbons (Fsp3) is 0.875. The summed E-state index contributed by atoms with van der Waals surface area (Å²) in [5, 5.41) is 18.4. The summed E-state index contributed by atoms with van der Waals surface area (Å²) in [6.07, 6.45) is 11.1. The molecule has 1 rings (SSSR count). The number of carbonyl (C=O) groups is 1. The van der Waals surface area contributed by atoms with Gasteiger partial charge in [-0.25, -0.2) is 14.7 Å². The molecule has 0 aromatic heterocycles. The minimum Gasteiger partial charge on any atom is -0.481 e. The average molecular weight is 429 g/mol. The summed E-state index contributed by atoms with van der Waals surface area (Å²) < 4.78 is 0. The van der Waals surface area contributed by atoms with E-state index in [-0.39, 0.29) is 11.7 Å². The molecule has 0 spiro atoms. The summed E-state index contributed by atoms with van der Waals surface area (Å²) in [5.74, 6) is -0.801. The van der Waals surface area contributed by atoms with Crippen molar-refractivity contribution >= 4 is 5.97 Å². The lowest BCUT2D eigenvalue weighted by Gasteiger charge is -2.37. The Balaban J connectivity index is 2.26. The van der Waals surface area contributed by atoms with Crippen molar-refractivity contribution in [2.75, 3.05) is 0 Å². The Morgan fingerprint density at radius 1 is 1.27 bits per heavy atom. The van der Waals surface area contributed by atoms with Crippen molar-refractivity contribution in [3.63, 3.8) is 0 Å². The van der Waals surface area contributed by atoms with Gasteiger partial charge in [0.15, 0.2) is 0 Å². The third-order valence-electron chi connectivity index (χ3n) is 6.53. The van der Waals surface area contributed by atoms with Gasteiger partial charge in [-0.3, -0.25) is 10.1 Å². The van der Waals surface area contributed by atoms with Crippen molar-refractivity contribution in [3.05, 3.63) is 11.6 Å². The molecule has 176 valence electrons. The van der Waals surface area contributed by atoms with E-state index in [1.165, 1.54) is 5.57 Å². The molecule has 5 atom stereocenters. The molecule has 6 nitrogen and oxygen atoms in total. The molecule has 2 N–H and O–H groups in total. The van der Waals surface area contributed by atoms with Gasteiger partial charge in [0, 0.05) is 0 Å². The molecule has 30 heavy (non-hydrogen) atoms. The van der Waals surface area contributed by atoms with Crippen molar-refractivity contribution < 1.29 is 29.8 Å². The summed E-state index contributed by atoms with van der Waals surface area (Å²) in [6.45, 7) is 12.1. The van der Waals surface area contributed by atoms with E-state index < -0.39 is 17.5 Å². The Kier molecular flexibility index (Phi) is 11.6. The number of hydrogen-bond acceptors (Lipinski definition) is 5. The molecule has 1 fully saturated rings. The first kappa shape index (κ1) is 27.1. The first-order valence-corrected chi connectivity index (χ1v) is 11.5. The predicted octanol–water partition coefficient (Wildman–Crippen LogP) is 6.55. The van der Waals surface area contributed by atoms with Gasteiger partial charge < -0.3 is 5.11 Å². The van der Waals surface area contributed by atoms with Gasteiger partial charge in [0.25, 0.3) is 0 Å². The number of rotatable bonds is 14. The van der Waals surface area contributed by atoms with Crippen LogP contribution in [0.4, 0.5) is 0 Å². The van der Waals surface area contributed by atoms with E-state index in [9.17, 15) is 10.1 Å². The Hall–Kier alpha value is -0.950. The molecule has 1 saturated heterocycles. The number of carboxylic acid groups (broad SMARTS) is 1. The van der Waals surface area contributed by atoms with E-state index in [0.717, 1.165) is 57.8 Å². The van der Waals surface area contributed by atoms with Crippen LogP contribution in [0.5, 0.6) is 0 Å². The fourth-order valence-electron chi connectivity index (χ4n) is 4.05. The van der Waals surface area contributed by atoms with Crippen LogP contribution in [-0.2, 0) is 19.5 Å². The number of hydrogen-bond donors (Lipinski definition) is 2. The van der Waals surface area contributed by atoms with Crippen molar-refractivity contribution in [2.24, 2.45) is 11.8 Å². The normalized spacial score (nSPS) is 25.9. The van der Waals surface area contributed by atoms with Gasteiger partial charge >= 0.3 is 5.97 Å². The second kappa shape index (κ2) is 12.8. The Morgan fingerprint density at radius 2 is 1.93 bits per heavy atom. The first-order chi connectivity index (χ1) is 14.0. The Morgan fingerprint density at radius 3 is 2.47 bits per heavy atom. The van der Waals surface area contributed by atoms with Gasteiger partial charge in [-0.2, -0.15) is 0 Å². The minimum absolute atomic E-state index is 0.331. The molecule has 0 amide bonds. The fourth-order valence-corrected chi connectivity index (χ4v) is 4.05. The summed E-state index contributed by atoms with van der Waals surface area (Å²) >= 11 is 0. The highest BCUT2D eigenvalue weighted by molar-refractivity contribution is 5.70. The second-order valence-electron chi connectivity index (χ2n) is 10.1. The summed E-state index contributed by atoms with van der Waals surface area (Å²) in [4.78, 5) is 26.9. The highest BCUT2D eigenvalue weighted by atomic mass is 17.2. The van der Waals surface area contributed by atoms with Gasteiger partial charge in [-0.1, -0.05) is 44.3 Å². The minimum atomic E-state index is -0.847. The Labute approximate surface area is 182 Å². The molecule has 0 saturated carbocycles. The number of carboxylic acids is 1. The standard InChI is InChI=1S/C24H44O6/c1-18(2)10-7-14-23(5,29-27)15-8-11-19(3)12-9-16-24(6)17-13-21(28-30-24)20(4)22(25)26/h10,19-21,27H,7-9,11-17H2,1-6H3,(H,25,26)/t19?,20?,21-,23?,24-/m1/s1. The van der Waals surface area contributed by atoms with Gasteiger partial charge in [-0.15, -0.1) is 0 Å². The quantitative estimate of drug-likeness (QED) is 0.185. The van der Waals surface area contributed by atoms with Crippen LogP contribution in [-0.4, -0.2) is 33.6 Å². The van der Waals surface area contributed by atoms with E-state index in [2.05, 4.69) is 33.8 Å². The van der Waals surface area contributed by atoms with E-state index in [0.29, 0.717) is 12.3 Å². The average Bonchev–Trinajstić information content (AvgIpc) is 2.67. The van der Waals surface area contributed by atoms with Gasteiger partial charge in [-0.05, 0) is 79.1 Å². The van der Waals surface area contributed by atoms with E-state index >= 15 is 0 Å². The van der Waals surface area contributed by atoms with Crippen molar-refractivity contribution in [3.8, 4) is 0 Å². The molecule has 0 bridgehead atoms. The van der Waals surface area contributed by atoms with Crippen LogP contribution >= 0.6 is 0 Å². The molecule has 1 heterocycles. The third kappa shape index (κ3) is 9.90. The largest absolute Gasteiger partial charge is 0.481 e. The molecule has 0 radical (unpaired) electrons. The summed E-state index contributed by atoms with van der Waals surface area (Å²) in [7, 11) is 0. The topological polar surface area (TPSA) is 85.2 Å². The molecule has 3 unspecified atom stereocenters. The van der Waals surface area contributed by atoms with Crippen LogP contribution in [0.15, 0.2) is 11.6 Å². The molecular weight excluding hydrogens is 384 g/mol.